The van der Waals surface area contributed by atoms with Crippen LogP contribution in [0.4, 0.5) is 0 Å². The van der Waals surface area contributed by atoms with Crippen LogP contribution in [0.5, 0.6) is 0 Å². The average molecular weight is 338 g/mol. The van der Waals surface area contributed by atoms with Crippen LogP contribution in [0.15, 0.2) is 41.5 Å². The molecule has 1 aliphatic carbocycles. The molecule has 0 N–H and O–H groups in total. The number of hydrogen-bond acceptors (Lipinski definition) is 3. The van der Waals surface area contributed by atoms with E-state index in [9.17, 15) is 4.79 Å². The molecular formula is C20H22N2OS. The van der Waals surface area contributed by atoms with E-state index >= 15 is 0 Å². The smallest absolute Gasteiger partial charge is 0.262 e. The third-order valence-electron chi connectivity index (χ3n) is 5.13. The Bertz CT molecular complexity index is 905. The number of rotatable bonds is 3. The van der Waals surface area contributed by atoms with E-state index < -0.39 is 0 Å². The Morgan fingerprint density at radius 1 is 1.17 bits per heavy atom. The molecule has 1 aromatic carbocycles. The van der Waals surface area contributed by atoms with Crippen LogP contribution in [0.1, 0.15) is 37.7 Å². The van der Waals surface area contributed by atoms with Crippen molar-refractivity contribution in [3.63, 3.8) is 0 Å². The fourth-order valence-electron chi connectivity index (χ4n) is 3.80. The molecule has 1 saturated carbocycles. The number of aryl methyl sites for hydroxylation is 1. The van der Waals surface area contributed by atoms with Crippen LogP contribution in [0.25, 0.3) is 20.7 Å². The van der Waals surface area contributed by atoms with Gasteiger partial charge in [0.1, 0.15) is 4.83 Å². The third kappa shape index (κ3) is 2.80. The van der Waals surface area contributed by atoms with Crippen molar-refractivity contribution in [2.45, 2.75) is 45.6 Å². The molecule has 4 rings (SSSR count). The Morgan fingerprint density at radius 3 is 2.67 bits per heavy atom. The van der Waals surface area contributed by atoms with Crippen LogP contribution in [-0.4, -0.2) is 9.55 Å². The van der Waals surface area contributed by atoms with Gasteiger partial charge in [-0.05, 0) is 36.8 Å². The molecule has 0 amide bonds. The van der Waals surface area contributed by atoms with E-state index in [-0.39, 0.29) is 5.56 Å². The molecule has 4 heteroatoms. The summed E-state index contributed by atoms with van der Waals surface area (Å²) in [5, 5.41) is 0.803. The second kappa shape index (κ2) is 6.52. The Kier molecular flexibility index (Phi) is 4.23. The van der Waals surface area contributed by atoms with Gasteiger partial charge in [-0.15, -0.1) is 11.3 Å². The normalized spacial score (nSPS) is 15.9. The summed E-state index contributed by atoms with van der Waals surface area (Å²) in [6, 6.07) is 10.3. The summed E-state index contributed by atoms with van der Waals surface area (Å²) in [5.41, 5.74) is 2.36. The molecule has 124 valence electrons. The molecule has 1 aliphatic rings. The van der Waals surface area contributed by atoms with Crippen LogP contribution in [0.3, 0.4) is 0 Å². The zero-order valence-electron chi connectivity index (χ0n) is 14.0. The maximum Gasteiger partial charge on any atom is 0.262 e. The highest BCUT2D eigenvalue weighted by molar-refractivity contribution is 7.22. The van der Waals surface area contributed by atoms with Gasteiger partial charge >= 0.3 is 0 Å². The summed E-state index contributed by atoms with van der Waals surface area (Å²) < 4.78 is 1.84. The van der Waals surface area contributed by atoms with Crippen molar-refractivity contribution >= 4 is 21.6 Å². The maximum absolute atomic E-state index is 13.0. The van der Waals surface area contributed by atoms with Gasteiger partial charge in [-0.2, -0.15) is 0 Å². The molecule has 0 spiro atoms. The van der Waals surface area contributed by atoms with Gasteiger partial charge in [-0.25, -0.2) is 4.98 Å². The average Bonchev–Trinajstić information content (AvgIpc) is 2.96. The fourth-order valence-corrected chi connectivity index (χ4v) is 4.95. The van der Waals surface area contributed by atoms with E-state index in [0.29, 0.717) is 5.92 Å². The SMILES string of the molecule is Cc1c(-c2ccccc2)sc2ncn(CC3CCCCC3)c(=O)c12. The zero-order chi connectivity index (χ0) is 16.5. The van der Waals surface area contributed by atoms with Gasteiger partial charge < -0.3 is 0 Å². The molecule has 2 aromatic heterocycles. The molecule has 3 nitrogen and oxygen atoms in total. The van der Waals surface area contributed by atoms with Gasteiger partial charge in [0.2, 0.25) is 0 Å². The van der Waals surface area contributed by atoms with E-state index in [2.05, 4.69) is 24.0 Å². The van der Waals surface area contributed by atoms with Crippen molar-refractivity contribution in [2.75, 3.05) is 0 Å². The van der Waals surface area contributed by atoms with Crippen LogP contribution in [0.2, 0.25) is 0 Å². The number of fused-ring (bicyclic) bond motifs is 1. The van der Waals surface area contributed by atoms with Gasteiger partial charge in [0.15, 0.2) is 0 Å². The second-order valence-electron chi connectivity index (χ2n) is 6.81. The number of thiophene rings is 1. The minimum Gasteiger partial charge on any atom is -0.298 e. The van der Waals surface area contributed by atoms with Gasteiger partial charge in [-0.1, -0.05) is 49.6 Å². The third-order valence-corrected chi connectivity index (χ3v) is 6.38. The standard InChI is InChI=1S/C20H22N2OS/c1-14-17-19(24-18(14)16-10-6-3-7-11-16)21-13-22(20(17)23)12-15-8-4-2-5-9-15/h3,6-7,10-11,13,15H,2,4-5,8-9,12H2,1H3. The number of benzene rings is 1. The molecule has 3 aromatic rings. The number of aromatic nitrogens is 2. The summed E-state index contributed by atoms with van der Waals surface area (Å²) in [7, 11) is 0. The van der Waals surface area contributed by atoms with E-state index in [0.717, 1.165) is 32.8 Å². The zero-order valence-corrected chi connectivity index (χ0v) is 14.8. The Hall–Kier alpha value is -1.94. The largest absolute Gasteiger partial charge is 0.298 e. The summed E-state index contributed by atoms with van der Waals surface area (Å²) in [5.74, 6) is 0.628. The van der Waals surface area contributed by atoms with E-state index in [1.165, 1.54) is 32.1 Å². The van der Waals surface area contributed by atoms with Crippen molar-refractivity contribution < 1.29 is 0 Å². The van der Waals surface area contributed by atoms with Crippen molar-refractivity contribution in [1.29, 1.82) is 0 Å². The second-order valence-corrected chi connectivity index (χ2v) is 7.81. The van der Waals surface area contributed by atoms with E-state index in [4.69, 9.17) is 0 Å². The van der Waals surface area contributed by atoms with Gasteiger partial charge in [0.05, 0.1) is 11.7 Å². The molecule has 0 atom stereocenters. The highest BCUT2D eigenvalue weighted by Gasteiger charge is 2.18. The summed E-state index contributed by atoms with van der Waals surface area (Å²) >= 11 is 1.62. The first-order chi connectivity index (χ1) is 11.7. The van der Waals surface area contributed by atoms with Gasteiger partial charge in [0, 0.05) is 11.4 Å². The molecule has 0 radical (unpaired) electrons. The lowest BCUT2D eigenvalue weighted by atomic mass is 9.89. The van der Waals surface area contributed by atoms with Gasteiger partial charge in [0.25, 0.3) is 5.56 Å². The first kappa shape index (κ1) is 15.6. The molecule has 2 heterocycles. The van der Waals surface area contributed by atoms with E-state index in [1.54, 1.807) is 17.7 Å². The van der Waals surface area contributed by atoms with Crippen molar-refractivity contribution in [3.8, 4) is 10.4 Å². The molecule has 0 unspecified atom stereocenters. The Labute approximate surface area is 146 Å². The van der Waals surface area contributed by atoms with Crippen molar-refractivity contribution in [2.24, 2.45) is 5.92 Å². The van der Waals surface area contributed by atoms with Crippen LogP contribution in [-0.2, 0) is 6.54 Å². The molecular weight excluding hydrogens is 316 g/mol. The predicted octanol–water partition coefficient (Wildman–Crippen LogP) is 5.01. The molecule has 0 saturated heterocycles. The first-order valence-corrected chi connectivity index (χ1v) is 9.59. The maximum atomic E-state index is 13.0. The van der Waals surface area contributed by atoms with Crippen LogP contribution >= 0.6 is 11.3 Å². The molecule has 0 aliphatic heterocycles. The molecule has 24 heavy (non-hydrogen) atoms. The number of hydrogen-bond donors (Lipinski definition) is 0. The van der Waals surface area contributed by atoms with Crippen LogP contribution in [0, 0.1) is 12.8 Å². The summed E-state index contributed by atoms with van der Waals surface area (Å²) in [4.78, 5) is 19.6. The monoisotopic (exact) mass is 338 g/mol. The van der Waals surface area contributed by atoms with Crippen molar-refractivity contribution in [3.05, 3.63) is 52.6 Å². The minimum absolute atomic E-state index is 0.126. The highest BCUT2D eigenvalue weighted by atomic mass is 32.1. The topological polar surface area (TPSA) is 34.9 Å². The Morgan fingerprint density at radius 2 is 1.92 bits per heavy atom. The quantitative estimate of drug-likeness (QED) is 0.672. The molecule has 0 bridgehead atoms. The predicted molar refractivity (Wildman–Crippen MR) is 101 cm³/mol. The van der Waals surface area contributed by atoms with Gasteiger partial charge in [-0.3, -0.25) is 9.36 Å². The lowest BCUT2D eigenvalue weighted by molar-refractivity contribution is 0.315. The molecule has 1 fully saturated rings. The fraction of sp³-hybridized carbons (Fsp3) is 0.400. The Balaban J connectivity index is 1.76. The summed E-state index contributed by atoms with van der Waals surface area (Å²) in [6.07, 6.45) is 8.16. The number of nitrogens with zero attached hydrogens (tertiary/aromatic N) is 2. The van der Waals surface area contributed by atoms with Crippen molar-refractivity contribution in [1.82, 2.24) is 9.55 Å². The summed E-state index contributed by atoms with van der Waals surface area (Å²) in [6.45, 7) is 2.87. The van der Waals surface area contributed by atoms with Crippen LogP contribution < -0.4 is 5.56 Å². The minimum atomic E-state index is 0.126. The first-order valence-electron chi connectivity index (χ1n) is 8.78. The highest BCUT2D eigenvalue weighted by Crippen LogP contribution is 2.35. The van der Waals surface area contributed by atoms with E-state index in [1.807, 2.05) is 22.8 Å². The lowest BCUT2D eigenvalue weighted by Gasteiger charge is -2.22. The lowest BCUT2D eigenvalue weighted by Crippen LogP contribution is -2.25.